The number of piperidine rings is 1. The van der Waals surface area contributed by atoms with Crippen LogP contribution in [0, 0.1) is 5.92 Å². The Kier molecular flexibility index (Phi) is 4.14. The molecule has 23 heavy (non-hydrogen) atoms. The van der Waals surface area contributed by atoms with Gasteiger partial charge in [0.25, 0.3) is 0 Å². The van der Waals surface area contributed by atoms with E-state index in [9.17, 15) is 4.79 Å². The normalized spacial score (nSPS) is 31.9. The summed E-state index contributed by atoms with van der Waals surface area (Å²) < 4.78 is 0. The van der Waals surface area contributed by atoms with Crippen molar-refractivity contribution in [1.29, 1.82) is 0 Å². The molecule has 1 amide bonds. The van der Waals surface area contributed by atoms with Crippen LogP contribution >= 0.6 is 0 Å². The largest absolute Gasteiger partial charge is 0.347 e. The standard InChI is InChI=1S/C20H28N2O/c23-19(14-15-12-17-8-9-18(13-15)21-17)22-20(10-4-5-11-20)16-6-2-1-3-7-16/h1-3,6-7,15,17-18,21H,4-5,8-14H2,(H,22,23). The van der Waals surface area contributed by atoms with Gasteiger partial charge in [0.2, 0.25) is 5.91 Å². The van der Waals surface area contributed by atoms with Crippen molar-refractivity contribution in [3.05, 3.63) is 35.9 Å². The van der Waals surface area contributed by atoms with Crippen molar-refractivity contribution in [3.8, 4) is 0 Å². The number of rotatable bonds is 4. The highest BCUT2D eigenvalue weighted by Crippen LogP contribution is 2.39. The molecule has 2 bridgehead atoms. The third-order valence-corrected chi connectivity index (χ3v) is 6.21. The predicted molar refractivity (Wildman–Crippen MR) is 92.0 cm³/mol. The lowest BCUT2D eigenvalue weighted by Gasteiger charge is -2.33. The van der Waals surface area contributed by atoms with Crippen molar-refractivity contribution in [2.24, 2.45) is 5.92 Å². The smallest absolute Gasteiger partial charge is 0.220 e. The fourth-order valence-electron chi connectivity index (χ4n) is 5.14. The summed E-state index contributed by atoms with van der Waals surface area (Å²) in [5.41, 5.74) is 1.18. The fraction of sp³-hybridized carbons (Fsp3) is 0.650. The first-order chi connectivity index (χ1) is 11.2. The first-order valence-electron chi connectivity index (χ1n) is 9.36. The number of carbonyl (C=O) groups is 1. The quantitative estimate of drug-likeness (QED) is 0.893. The van der Waals surface area contributed by atoms with Crippen molar-refractivity contribution in [2.45, 2.75) is 75.4 Å². The van der Waals surface area contributed by atoms with Crippen LogP contribution in [0.5, 0.6) is 0 Å². The average Bonchev–Trinajstić information content (AvgIpc) is 3.16. The molecule has 0 aromatic heterocycles. The minimum atomic E-state index is -0.107. The first-order valence-corrected chi connectivity index (χ1v) is 9.36. The molecular weight excluding hydrogens is 284 g/mol. The molecule has 0 radical (unpaired) electrons. The highest BCUT2D eigenvalue weighted by molar-refractivity contribution is 5.77. The number of carbonyl (C=O) groups excluding carboxylic acids is 1. The molecule has 0 spiro atoms. The molecular formula is C20H28N2O. The third kappa shape index (κ3) is 3.16. The van der Waals surface area contributed by atoms with Gasteiger partial charge < -0.3 is 10.6 Å². The van der Waals surface area contributed by atoms with Gasteiger partial charge in [-0.15, -0.1) is 0 Å². The molecule has 2 aliphatic heterocycles. The van der Waals surface area contributed by atoms with E-state index < -0.39 is 0 Å². The first kappa shape index (κ1) is 15.2. The molecule has 2 N–H and O–H groups in total. The van der Waals surface area contributed by atoms with Crippen LogP contribution in [0.4, 0.5) is 0 Å². The van der Waals surface area contributed by atoms with Gasteiger partial charge in [0, 0.05) is 18.5 Å². The molecule has 3 heteroatoms. The van der Waals surface area contributed by atoms with E-state index in [2.05, 4.69) is 41.0 Å². The lowest BCUT2D eigenvalue weighted by Crippen LogP contribution is -2.45. The van der Waals surface area contributed by atoms with Gasteiger partial charge in [0.1, 0.15) is 0 Å². The number of hydrogen-bond acceptors (Lipinski definition) is 2. The Morgan fingerprint density at radius 3 is 2.39 bits per heavy atom. The van der Waals surface area contributed by atoms with Crippen LogP contribution in [-0.4, -0.2) is 18.0 Å². The zero-order valence-corrected chi connectivity index (χ0v) is 13.9. The monoisotopic (exact) mass is 312 g/mol. The summed E-state index contributed by atoms with van der Waals surface area (Å²) in [5.74, 6) is 0.838. The second-order valence-electron chi connectivity index (χ2n) is 7.88. The van der Waals surface area contributed by atoms with E-state index in [1.54, 1.807) is 0 Å². The van der Waals surface area contributed by atoms with E-state index in [1.165, 1.54) is 44.1 Å². The molecule has 2 heterocycles. The molecule has 3 aliphatic rings. The molecule has 2 saturated heterocycles. The molecule has 124 valence electrons. The van der Waals surface area contributed by atoms with Crippen molar-refractivity contribution in [2.75, 3.05) is 0 Å². The zero-order chi connectivity index (χ0) is 15.7. The molecule has 1 aromatic carbocycles. The van der Waals surface area contributed by atoms with Gasteiger partial charge in [0.05, 0.1) is 5.54 Å². The van der Waals surface area contributed by atoms with Gasteiger partial charge in [-0.05, 0) is 50.0 Å². The Bertz CT molecular complexity index is 538. The molecule has 1 saturated carbocycles. The van der Waals surface area contributed by atoms with Crippen LogP contribution in [0.15, 0.2) is 30.3 Å². The Balaban J connectivity index is 1.42. The second kappa shape index (κ2) is 6.27. The molecule has 1 aliphatic carbocycles. The maximum atomic E-state index is 12.7. The summed E-state index contributed by atoms with van der Waals surface area (Å²) in [6.07, 6.45) is 10.3. The molecule has 4 rings (SSSR count). The lowest BCUT2D eigenvalue weighted by molar-refractivity contribution is -0.124. The number of amides is 1. The van der Waals surface area contributed by atoms with Crippen LogP contribution in [0.25, 0.3) is 0 Å². The van der Waals surface area contributed by atoms with Crippen molar-refractivity contribution in [1.82, 2.24) is 10.6 Å². The Hall–Kier alpha value is -1.35. The zero-order valence-electron chi connectivity index (χ0n) is 13.9. The van der Waals surface area contributed by atoms with Gasteiger partial charge in [-0.1, -0.05) is 43.2 Å². The number of benzene rings is 1. The predicted octanol–water partition coefficient (Wildman–Crippen LogP) is 3.49. The Morgan fingerprint density at radius 2 is 1.74 bits per heavy atom. The summed E-state index contributed by atoms with van der Waals surface area (Å²) >= 11 is 0. The Morgan fingerprint density at radius 1 is 1.09 bits per heavy atom. The van der Waals surface area contributed by atoms with Crippen molar-refractivity contribution in [3.63, 3.8) is 0 Å². The lowest BCUT2D eigenvalue weighted by atomic mass is 9.86. The average molecular weight is 312 g/mol. The molecule has 3 fully saturated rings. The van der Waals surface area contributed by atoms with E-state index in [4.69, 9.17) is 0 Å². The molecule has 2 atom stereocenters. The van der Waals surface area contributed by atoms with Crippen LogP contribution in [0.1, 0.15) is 63.4 Å². The second-order valence-corrected chi connectivity index (χ2v) is 7.88. The van der Waals surface area contributed by atoms with E-state index in [0.717, 1.165) is 12.8 Å². The van der Waals surface area contributed by atoms with Crippen LogP contribution < -0.4 is 10.6 Å². The summed E-state index contributed by atoms with van der Waals surface area (Å²) in [6, 6.07) is 11.9. The fourth-order valence-corrected chi connectivity index (χ4v) is 5.14. The van der Waals surface area contributed by atoms with Crippen LogP contribution in [0.2, 0.25) is 0 Å². The van der Waals surface area contributed by atoms with Crippen molar-refractivity contribution >= 4 is 5.91 Å². The van der Waals surface area contributed by atoms with E-state index in [-0.39, 0.29) is 11.4 Å². The topological polar surface area (TPSA) is 41.1 Å². The van der Waals surface area contributed by atoms with E-state index >= 15 is 0 Å². The highest BCUT2D eigenvalue weighted by atomic mass is 16.1. The highest BCUT2D eigenvalue weighted by Gasteiger charge is 2.38. The molecule has 1 aromatic rings. The van der Waals surface area contributed by atoms with Crippen LogP contribution in [-0.2, 0) is 10.3 Å². The minimum absolute atomic E-state index is 0.107. The van der Waals surface area contributed by atoms with Gasteiger partial charge >= 0.3 is 0 Å². The van der Waals surface area contributed by atoms with E-state index in [1.807, 2.05) is 0 Å². The number of hydrogen-bond donors (Lipinski definition) is 2. The Labute approximate surface area is 139 Å². The van der Waals surface area contributed by atoms with Gasteiger partial charge in [-0.25, -0.2) is 0 Å². The molecule has 3 nitrogen and oxygen atoms in total. The summed E-state index contributed by atoms with van der Waals surface area (Å²) in [6.45, 7) is 0. The van der Waals surface area contributed by atoms with Gasteiger partial charge in [0.15, 0.2) is 0 Å². The maximum Gasteiger partial charge on any atom is 0.220 e. The van der Waals surface area contributed by atoms with Crippen LogP contribution in [0.3, 0.4) is 0 Å². The third-order valence-electron chi connectivity index (χ3n) is 6.21. The van der Waals surface area contributed by atoms with Gasteiger partial charge in [-0.3, -0.25) is 4.79 Å². The number of nitrogens with one attached hydrogen (secondary N) is 2. The number of fused-ring (bicyclic) bond motifs is 2. The SMILES string of the molecule is O=C(CC1CC2CCC(C1)N2)NC1(c2ccccc2)CCCC1. The molecule has 2 unspecified atom stereocenters. The summed E-state index contributed by atoms with van der Waals surface area (Å²) in [4.78, 5) is 12.7. The summed E-state index contributed by atoms with van der Waals surface area (Å²) in [5, 5.41) is 7.11. The van der Waals surface area contributed by atoms with E-state index in [0.29, 0.717) is 24.4 Å². The van der Waals surface area contributed by atoms with Gasteiger partial charge in [-0.2, -0.15) is 0 Å². The van der Waals surface area contributed by atoms with Crippen molar-refractivity contribution < 1.29 is 4.79 Å². The maximum absolute atomic E-state index is 12.7. The minimum Gasteiger partial charge on any atom is -0.347 e. The summed E-state index contributed by atoms with van der Waals surface area (Å²) in [7, 11) is 0.